The Bertz CT molecular complexity index is 1150. The molecule has 0 aliphatic carbocycles. The second kappa shape index (κ2) is 7.36. The molecule has 4 aromatic rings. The molecule has 5 heteroatoms. The number of anilines is 1. The lowest BCUT2D eigenvalue weighted by Crippen LogP contribution is -2.23. The zero-order valence-corrected chi connectivity index (χ0v) is 15.9. The van der Waals surface area contributed by atoms with Crippen LogP contribution in [0.25, 0.3) is 28.1 Å². The summed E-state index contributed by atoms with van der Waals surface area (Å²) < 4.78 is 2.00. The van der Waals surface area contributed by atoms with E-state index >= 15 is 0 Å². The second-order valence-electron chi connectivity index (χ2n) is 7.15. The van der Waals surface area contributed by atoms with Gasteiger partial charge in [0.25, 0.3) is 0 Å². The highest BCUT2D eigenvalue weighted by atomic mass is 16.2. The predicted molar refractivity (Wildman–Crippen MR) is 114 cm³/mol. The topological polar surface area (TPSA) is 51.0 Å². The summed E-state index contributed by atoms with van der Waals surface area (Å²) in [6.07, 6.45) is 11.2. The zero-order chi connectivity index (χ0) is 19.6. The maximum absolute atomic E-state index is 11.9. The van der Waals surface area contributed by atoms with Crippen molar-refractivity contribution in [2.45, 2.75) is 12.8 Å². The summed E-state index contributed by atoms with van der Waals surface area (Å²) in [7, 11) is 0. The van der Waals surface area contributed by atoms with E-state index in [0.29, 0.717) is 6.42 Å². The van der Waals surface area contributed by atoms with E-state index in [1.54, 1.807) is 6.20 Å². The third kappa shape index (κ3) is 3.43. The van der Waals surface area contributed by atoms with Crippen LogP contribution in [-0.4, -0.2) is 27.0 Å². The van der Waals surface area contributed by atoms with Gasteiger partial charge in [-0.1, -0.05) is 18.2 Å². The van der Waals surface area contributed by atoms with E-state index in [9.17, 15) is 4.79 Å². The molecule has 0 atom stereocenters. The molecule has 0 unspecified atom stereocenters. The summed E-state index contributed by atoms with van der Waals surface area (Å²) in [5.41, 5.74) is 5.24. The van der Waals surface area contributed by atoms with Crippen LogP contribution in [0.15, 0.2) is 85.6 Å². The average molecular weight is 380 g/mol. The number of benzene rings is 1. The van der Waals surface area contributed by atoms with Crippen LogP contribution in [0, 0.1) is 0 Å². The van der Waals surface area contributed by atoms with Gasteiger partial charge in [0.2, 0.25) is 5.91 Å². The normalized spacial score (nSPS) is 13.8. The molecular formula is C24H20N4O. The van der Waals surface area contributed by atoms with E-state index in [0.717, 1.165) is 46.7 Å². The summed E-state index contributed by atoms with van der Waals surface area (Å²) in [5.74, 6) is 1.09. The Morgan fingerprint density at radius 2 is 1.69 bits per heavy atom. The van der Waals surface area contributed by atoms with Gasteiger partial charge in [0.15, 0.2) is 0 Å². The van der Waals surface area contributed by atoms with Gasteiger partial charge in [0, 0.05) is 66.3 Å². The molecule has 0 saturated carbocycles. The van der Waals surface area contributed by atoms with E-state index in [4.69, 9.17) is 0 Å². The van der Waals surface area contributed by atoms with Crippen LogP contribution >= 0.6 is 0 Å². The van der Waals surface area contributed by atoms with Crippen molar-refractivity contribution in [3.8, 4) is 28.1 Å². The minimum Gasteiger partial charge on any atom is -0.312 e. The lowest BCUT2D eigenvalue weighted by Gasteiger charge is -2.16. The van der Waals surface area contributed by atoms with Crippen molar-refractivity contribution in [2.75, 3.05) is 11.4 Å². The molecule has 1 fully saturated rings. The number of pyridine rings is 2. The molecule has 5 nitrogen and oxygen atoms in total. The highest BCUT2D eigenvalue weighted by molar-refractivity contribution is 5.95. The van der Waals surface area contributed by atoms with Crippen LogP contribution in [0.4, 0.5) is 5.69 Å². The van der Waals surface area contributed by atoms with Gasteiger partial charge in [-0.05, 0) is 48.4 Å². The molecule has 5 rings (SSSR count). The first-order valence-corrected chi connectivity index (χ1v) is 9.73. The Balaban J connectivity index is 1.42. The molecule has 0 spiro atoms. The number of hydrogen-bond acceptors (Lipinski definition) is 3. The van der Waals surface area contributed by atoms with E-state index < -0.39 is 0 Å². The third-order valence-corrected chi connectivity index (χ3v) is 5.26. The van der Waals surface area contributed by atoms with Crippen molar-refractivity contribution in [2.24, 2.45) is 0 Å². The van der Waals surface area contributed by atoms with Gasteiger partial charge in [-0.25, -0.2) is 4.98 Å². The van der Waals surface area contributed by atoms with Gasteiger partial charge in [0.05, 0.1) is 0 Å². The number of carbonyl (C=O) groups is 1. The minimum atomic E-state index is 0.207. The summed E-state index contributed by atoms with van der Waals surface area (Å²) in [5, 5.41) is 0. The molecule has 0 bridgehead atoms. The quantitative estimate of drug-likeness (QED) is 0.514. The molecule has 1 aromatic carbocycles. The van der Waals surface area contributed by atoms with Crippen LogP contribution in [-0.2, 0) is 4.79 Å². The fourth-order valence-electron chi connectivity index (χ4n) is 3.73. The molecule has 1 aliphatic heterocycles. The van der Waals surface area contributed by atoms with Gasteiger partial charge in [-0.15, -0.1) is 0 Å². The van der Waals surface area contributed by atoms with Gasteiger partial charge < -0.3 is 9.47 Å². The van der Waals surface area contributed by atoms with Crippen LogP contribution in [0.2, 0.25) is 0 Å². The SMILES string of the molecule is O=C1CCCN1c1ccc(-c2cncc(-c3ccn(-c4ccccn4)c3)c2)cc1. The Morgan fingerprint density at radius 3 is 2.41 bits per heavy atom. The van der Waals surface area contributed by atoms with E-state index in [-0.39, 0.29) is 5.91 Å². The van der Waals surface area contributed by atoms with E-state index in [2.05, 4.69) is 40.4 Å². The van der Waals surface area contributed by atoms with Crippen molar-refractivity contribution < 1.29 is 4.79 Å². The van der Waals surface area contributed by atoms with Gasteiger partial charge in [0.1, 0.15) is 5.82 Å². The Hall–Kier alpha value is -3.73. The Labute approximate surface area is 169 Å². The van der Waals surface area contributed by atoms with Crippen LogP contribution in [0.1, 0.15) is 12.8 Å². The largest absolute Gasteiger partial charge is 0.312 e. The van der Waals surface area contributed by atoms with Crippen molar-refractivity contribution >= 4 is 11.6 Å². The molecule has 142 valence electrons. The molecule has 4 heterocycles. The maximum atomic E-state index is 11.9. The first kappa shape index (κ1) is 17.4. The van der Waals surface area contributed by atoms with Crippen molar-refractivity contribution in [1.29, 1.82) is 0 Å². The monoisotopic (exact) mass is 380 g/mol. The van der Waals surface area contributed by atoms with Gasteiger partial charge in [-0.3, -0.25) is 9.78 Å². The second-order valence-corrected chi connectivity index (χ2v) is 7.15. The number of amides is 1. The molecule has 1 saturated heterocycles. The van der Waals surface area contributed by atoms with Crippen LogP contribution in [0.3, 0.4) is 0 Å². The highest BCUT2D eigenvalue weighted by Crippen LogP contribution is 2.29. The number of rotatable bonds is 4. The molecule has 1 amide bonds. The molecule has 29 heavy (non-hydrogen) atoms. The molecular weight excluding hydrogens is 360 g/mol. The summed E-state index contributed by atoms with van der Waals surface area (Å²) in [6, 6.07) is 18.2. The molecule has 1 aliphatic rings. The smallest absolute Gasteiger partial charge is 0.227 e. The third-order valence-electron chi connectivity index (χ3n) is 5.26. The van der Waals surface area contributed by atoms with E-state index in [1.807, 2.05) is 58.4 Å². The lowest BCUT2D eigenvalue weighted by molar-refractivity contribution is -0.117. The Morgan fingerprint density at radius 1 is 0.862 bits per heavy atom. The summed E-state index contributed by atoms with van der Waals surface area (Å²) >= 11 is 0. The summed E-state index contributed by atoms with van der Waals surface area (Å²) in [6.45, 7) is 0.808. The summed E-state index contributed by atoms with van der Waals surface area (Å²) in [4.78, 5) is 22.6. The van der Waals surface area contributed by atoms with Crippen molar-refractivity contribution in [1.82, 2.24) is 14.5 Å². The number of nitrogens with zero attached hydrogens (tertiary/aromatic N) is 4. The lowest BCUT2D eigenvalue weighted by atomic mass is 10.0. The number of carbonyl (C=O) groups excluding carboxylic acids is 1. The van der Waals surface area contributed by atoms with Crippen LogP contribution < -0.4 is 4.90 Å². The van der Waals surface area contributed by atoms with Gasteiger partial charge >= 0.3 is 0 Å². The number of hydrogen-bond donors (Lipinski definition) is 0. The minimum absolute atomic E-state index is 0.207. The first-order valence-electron chi connectivity index (χ1n) is 9.73. The predicted octanol–water partition coefficient (Wildman–Crippen LogP) is 4.73. The standard InChI is InChI=1S/C24H20N4O/c29-24-5-3-12-28(24)22-8-6-18(7-9-22)20-14-21(16-25-15-20)19-10-13-27(17-19)23-4-1-2-11-26-23/h1-2,4,6-11,13-17H,3,5,12H2. The van der Waals surface area contributed by atoms with Gasteiger partial charge in [-0.2, -0.15) is 0 Å². The van der Waals surface area contributed by atoms with Crippen LogP contribution in [0.5, 0.6) is 0 Å². The highest BCUT2D eigenvalue weighted by Gasteiger charge is 2.21. The van der Waals surface area contributed by atoms with Crippen molar-refractivity contribution in [3.63, 3.8) is 0 Å². The maximum Gasteiger partial charge on any atom is 0.227 e. The molecule has 0 N–H and O–H groups in total. The fraction of sp³-hybridized carbons (Fsp3) is 0.125. The Kier molecular flexibility index (Phi) is 4.41. The fourth-order valence-corrected chi connectivity index (χ4v) is 3.73. The number of aromatic nitrogens is 3. The zero-order valence-electron chi connectivity index (χ0n) is 15.9. The molecule has 3 aromatic heterocycles. The van der Waals surface area contributed by atoms with E-state index in [1.165, 1.54) is 0 Å². The van der Waals surface area contributed by atoms with Crippen molar-refractivity contribution in [3.05, 3.63) is 85.6 Å². The first-order chi connectivity index (χ1) is 14.3. The average Bonchev–Trinajstić information content (AvgIpc) is 3.44. The molecule has 0 radical (unpaired) electrons.